The SMILES string of the molecule is O=C(Cn1c(=O)ncc2c1cnn2C1CCS(=O)(=O)C1)Nc1ccccc1C(F)(F)F. The Balaban J connectivity index is 1.63. The van der Waals surface area contributed by atoms with Crippen LogP contribution in [0.3, 0.4) is 0 Å². The van der Waals surface area contributed by atoms with Gasteiger partial charge in [0.1, 0.15) is 12.1 Å². The van der Waals surface area contributed by atoms with Crippen molar-refractivity contribution in [1.82, 2.24) is 19.3 Å². The van der Waals surface area contributed by atoms with Gasteiger partial charge >= 0.3 is 11.9 Å². The molecule has 9 nitrogen and oxygen atoms in total. The number of hydrogen-bond acceptors (Lipinski definition) is 6. The summed E-state index contributed by atoms with van der Waals surface area (Å²) in [6, 6.07) is 4.07. The number of nitrogens with one attached hydrogen (secondary N) is 1. The van der Waals surface area contributed by atoms with Crippen LogP contribution in [-0.4, -0.2) is 45.2 Å². The van der Waals surface area contributed by atoms with Gasteiger partial charge in [0.2, 0.25) is 5.91 Å². The molecular formula is C18H16F3N5O4S. The summed E-state index contributed by atoms with van der Waals surface area (Å²) in [7, 11) is -3.18. The van der Waals surface area contributed by atoms with E-state index in [0.29, 0.717) is 11.9 Å². The molecule has 4 rings (SSSR count). The average Bonchev–Trinajstić information content (AvgIpc) is 3.26. The van der Waals surface area contributed by atoms with E-state index < -0.39 is 51.4 Å². The van der Waals surface area contributed by atoms with E-state index in [1.165, 1.54) is 29.2 Å². The maximum atomic E-state index is 13.1. The normalized spacial score (nSPS) is 18.4. The molecule has 13 heteroatoms. The highest BCUT2D eigenvalue weighted by atomic mass is 32.2. The highest BCUT2D eigenvalue weighted by Crippen LogP contribution is 2.34. The number of hydrogen-bond donors (Lipinski definition) is 1. The zero-order valence-corrected chi connectivity index (χ0v) is 16.7. The Labute approximate surface area is 173 Å². The molecule has 0 spiro atoms. The molecule has 164 valence electrons. The number of carbonyl (C=O) groups is 1. The predicted molar refractivity (Wildman–Crippen MR) is 104 cm³/mol. The van der Waals surface area contributed by atoms with Crippen LogP contribution in [0.5, 0.6) is 0 Å². The second kappa shape index (κ2) is 7.48. The molecule has 1 N–H and O–H groups in total. The van der Waals surface area contributed by atoms with Crippen LogP contribution in [0, 0.1) is 0 Å². The minimum atomic E-state index is -4.66. The Morgan fingerprint density at radius 3 is 2.61 bits per heavy atom. The van der Waals surface area contributed by atoms with E-state index in [-0.39, 0.29) is 17.0 Å². The van der Waals surface area contributed by atoms with Crippen molar-refractivity contribution in [3.05, 3.63) is 52.7 Å². The number of para-hydroxylation sites is 1. The van der Waals surface area contributed by atoms with Crippen molar-refractivity contribution in [1.29, 1.82) is 0 Å². The molecule has 3 aromatic rings. The summed E-state index contributed by atoms with van der Waals surface area (Å²) in [5, 5.41) is 6.33. The van der Waals surface area contributed by atoms with E-state index in [9.17, 15) is 31.2 Å². The van der Waals surface area contributed by atoms with Gasteiger partial charge in [-0.3, -0.25) is 14.0 Å². The smallest absolute Gasteiger partial charge is 0.324 e. The van der Waals surface area contributed by atoms with Gasteiger partial charge in [-0.2, -0.15) is 23.3 Å². The molecule has 1 saturated heterocycles. The number of halogens is 3. The number of benzene rings is 1. The molecule has 31 heavy (non-hydrogen) atoms. The fourth-order valence-corrected chi connectivity index (χ4v) is 5.26. The van der Waals surface area contributed by atoms with Gasteiger partial charge in [0.25, 0.3) is 0 Å². The van der Waals surface area contributed by atoms with Gasteiger partial charge in [0, 0.05) is 0 Å². The summed E-state index contributed by atoms with van der Waals surface area (Å²) >= 11 is 0. The van der Waals surface area contributed by atoms with Gasteiger partial charge in [0.15, 0.2) is 9.84 Å². The first kappa shape index (κ1) is 21.0. The highest BCUT2D eigenvalue weighted by Gasteiger charge is 2.34. The number of fused-ring (bicyclic) bond motifs is 1. The summed E-state index contributed by atoms with van der Waals surface area (Å²) in [5.41, 5.74) is -1.65. The summed E-state index contributed by atoms with van der Waals surface area (Å²) in [6.07, 6.45) is -1.76. The quantitative estimate of drug-likeness (QED) is 0.639. The average molecular weight is 455 g/mol. The Hall–Kier alpha value is -3.22. The maximum absolute atomic E-state index is 13.1. The first-order chi connectivity index (χ1) is 14.5. The van der Waals surface area contributed by atoms with Crippen LogP contribution in [0.2, 0.25) is 0 Å². The minimum absolute atomic E-state index is 0.0209. The third kappa shape index (κ3) is 4.17. The van der Waals surface area contributed by atoms with Crippen LogP contribution < -0.4 is 11.0 Å². The molecule has 0 saturated carbocycles. The van der Waals surface area contributed by atoms with Crippen molar-refractivity contribution in [3.63, 3.8) is 0 Å². The molecular weight excluding hydrogens is 439 g/mol. The molecule has 1 atom stereocenters. The van der Waals surface area contributed by atoms with Gasteiger partial charge in [-0.15, -0.1) is 0 Å². The molecule has 0 bridgehead atoms. The van der Waals surface area contributed by atoms with E-state index in [1.54, 1.807) is 0 Å². The summed E-state index contributed by atoms with van der Waals surface area (Å²) in [4.78, 5) is 28.4. The molecule has 1 aliphatic heterocycles. The fraction of sp³-hybridized carbons (Fsp3) is 0.333. The number of nitrogens with zero attached hydrogens (tertiary/aromatic N) is 4. The van der Waals surface area contributed by atoms with Crippen LogP contribution in [0.25, 0.3) is 11.0 Å². The molecule has 1 amide bonds. The summed E-state index contributed by atoms with van der Waals surface area (Å²) in [5.74, 6) is -0.936. The van der Waals surface area contributed by atoms with E-state index >= 15 is 0 Å². The van der Waals surface area contributed by atoms with Gasteiger partial charge < -0.3 is 5.32 Å². The number of anilines is 1. The lowest BCUT2D eigenvalue weighted by molar-refractivity contribution is -0.137. The monoisotopic (exact) mass is 455 g/mol. The molecule has 1 fully saturated rings. The lowest BCUT2D eigenvalue weighted by atomic mass is 10.1. The summed E-state index contributed by atoms with van der Waals surface area (Å²) in [6.45, 7) is -0.593. The van der Waals surface area contributed by atoms with Gasteiger partial charge in [0.05, 0.1) is 46.7 Å². The molecule has 3 heterocycles. The second-order valence-corrected chi connectivity index (χ2v) is 9.36. The molecule has 1 aliphatic rings. The van der Waals surface area contributed by atoms with Gasteiger partial charge in [-0.05, 0) is 18.6 Å². The first-order valence-electron chi connectivity index (χ1n) is 9.15. The largest absolute Gasteiger partial charge is 0.418 e. The molecule has 2 aromatic heterocycles. The first-order valence-corrected chi connectivity index (χ1v) is 11.0. The van der Waals surface area contributed by atoms with E-state index in [1.807, 2.05) is 0 Å². The Morgan fingerprint density at radius 1 is 1.19 bits per heavy atom. The van der Waals surface area contributed by atoms with Crippen LogP contribution in [0.1, 0.15) is 18.0 Å². The molecule has 0 aliphatic carbocycles. The molecule has 0 radical (unpaired) electrons. The fourth-order valence-electron chi connectivity index (χ4n) is 3.57. The predicted octanol–water partition coefficient (Wildman–Crippen LogP) is 1.61. The Morgan fingerprint density at radius 2 is 1.94 bits per heavy atom. The van der Waals surface area contributed by atoms with Crippen LogP contribution in [0.4, 0.5) is 18.9 Å². The van der Waals surface area contributed by atoms with Crippen molar-refractivity contribution >= 4 is 32.5 Å². The van der Waals surface area contributed by atoms with Crippen LogP contribution >= 0.6 is 0 Å². The third-order valence-corrected chi connectivity index (χ3v) is 6.75. The number of carbonyl (C=O) groups excluding carboxylic acids is 1. The standard InChI is InChI=1S/C18H16F3N5O4S/c19-18(20,21)12-3-1-2-4-13(12)24-16(27)9-25-14-8-23-26(15(14)7-22-17(25)28)11-5-6-31(29,30)10-11/h1-4,7-8,11H,5-6,9-10H2,(H,24,27). The second-order valence-electron chi connectivity index (χ2n) is 7.13. The number of amides is 1. The topological polar surface area (TPSA) is 116 Å². The lowest BCUT2D eigenvalue weighted by Crippen LogP contribution is -2.30. The number of aromatic nitrogens is 4. The van der Waals surface area contributed by atoms with Crippen molar-refractivity contribution in [2.45, 2.75) is 25.2 Å². The van der Waals surface area contributed by atoms with Crippen LogP contribution in [0.15, 0.2) is 41.5 Å². The third-order valence-electron chi connectivity index (χ3n) is 5.00. The van der Waals surface area contributed by atoms with E-state index in [2.05, 4.69) is 15.4 Å². The van der Waals surface area contributed by atoms with Crippen molar-refractivity contribution in [3.8, 4) is 0 Å². The van der Waals surface area contributed by atoms with Crippen molar-refractivity contribution < 1.29 is 26.4 Å². The zero-order chi connectivity index (χ0) is 22.4. The lowest BCUT2D eigenvalue weighted by Gasteiger charge is -2.14. The van der Waals surface area contributed by atoms with Gasteiger partial charge in [-0.25, -0.2) is 13.2 Å². The maximum Gasteiger partial charge on any atom is 0.418 e. The van der Waals surface area contributed by atoms with Gasteiger partial charge in [-0.1, -0.05) is 12.1 Å². The van der Waals surface area contributed by atoms with Crippen molar-refractivity contribution in [2.75, 3.05) is 16.8 Å². The van der Waals surface area contributed by atoms with E-state index in [0.717, 1.165) is 16.7 Å². The summed E-state index contributed by atoms with van der Waals surface area (Å²) < 4.78 is 65.4. The number of rotatable bonds is 4. The highest BCUT2D eigenvalue weighted by molar-refractivity contribution is 7.91. The minimum Gasteiger partial charge on any atom is -0.324 e. The molecule has 1 aromatic carbocycles. The van der Waals surface area contributed by atoms with Crippen LogP contribution in [-0.2, 0) is 27.4 Å². The Kier molecular flexibility index (Phi) is 5.07. The zero-order valence-electron chi connectivity index (χ0n) is 15.8. The van der Waals surface area contributed by atoms with Crippen molar-refractivity contribution in [2.24, 2.45) is 0 Å². The number of sulfone groups is 1. The number of alkyl halides is 3. The Bertz CT molecular complexity index is 1330. The van der Waals surface area contributed by atoms with E-state index in [4.69, 9.17) is 0 Å². The molecule has 1 unspecified atom stereocenters.